The van der Waals surface area contributed by atoms with Gasteiger partial charge in [0.2, 0.25) is 5.91 Å². The molecule has 3 fully saturated rings. The lowest BCUT2D eigenvalue weighted by atomic mass is 9.53. The smallest absolute Gasteiger partial charge is 0.325 e. The van der Waals surface area contributed by atoms with Crippen LogP contribution in [0.4, 0.5) is 10.1 Å². The Kier molecular flexibility index (Phi) is 4.94. The molecule has 190 valence electrons. The average Bonchev–Trinajstić information content (AvgIpc) is 3.32. The van der Waals surface area contributed by atoms with Crippen LogP contribution in [0.2, 0.25) is 10.3 Å². The Morgan fingerprint density at radius 3 is 2.50 bits per heavy atom. The third-order valence-corrected chi connectivity index (χ3v) is 9.44. The van der Waals surface area contributed by atoms with Crippen molar-refractivity contribution in [2.45, 2.75) is 82.0 Å². The average molecular weight is 533 g/mol. The van der Waals surface area contributed by atoms with E-state index in [0.29, 0.717) is 24.1 Å². The minimum atomic E-state index is -1.33. The van der Waals surface area contributed by atoms with Gasteiger partial charge in [-0.25, -0.2) is 19.3 Å². The standard InChI is InChI=1S/C26H27Cl2FN4O3/c1-23(2)6-8-25(9-7-23)26(14-12-31-16(27)11-15(14)32-22(26)35)17(13-5-10-30-20(28)18(13)29)19-21(34)36-24(3,4)33(19)25/h5,10-12,17,19H,6-9H2,1-4H3,(H,32,35)/t17-,19+,26+/m0/s1. The van der Waals surface area contributed by atoms with Crippen molar-refractivity contribution in [1.29, 1.82) is 0 Å². The Morgan fingerprint density at radius 1 is 1.11 bits per heavy atom. The highest BCUT2D eigenvalue weighted by Gasteiger charge is 2.80. The summed E-state index contributed by atoms with van der Waals surface area (Å²) in [5, 5.41) is 2.94. The normalized spacial score (nSPS) is 31.4. The quantitative estimate of drug-likeness (QED) is 0.400. The van der Waals surface area contributed by atoms with Crippen LogP contribution in [0.25, 0.3) is 0 Å². The topological polar surface area (TPSA) is 84.4 Å². The second-order valence-corrected chi connectivity index (χ2v) is 12.4. The van der Waals surface area contributed by atoms with Crippen molar-refractivity contribution in [1.82, 2.24) is 14.9 Å². The van der Waals surface area contributed by atoms with Crippen LogP contribution in [0.3, 0.4) is 0 Å². The Bertz CT molecular complexity index is 1320. The van der Waals surface area contributed by atoms with Gasteiger partial charge in [-0.1, -0.05) is 37.0 Å². The van der Waals surface area contributed by atoms with Crippen molar-refractivity contribution in [2.24, 2.45) is 5.41 Å². The molecule has 1 aliphatic carbocycles. The zero-order chi connectivity index (χ0) is 25.8. The molecule has 2 saturated heterocycles. The molecule has 10 heteroatoms. The Labute approximate surface area is 218 Å². The number of ether oxygens (including phenoxy) is 1. The number of nitrogens with zero attached hydrogens (tertiary/aromatic N) is 3. The molecule has 3 atom stereocenters. The van der Waals surface area contributed by atoms with Gasteiger partial charge >= 0.3 is 5.97 Å². The Morgan fingerprint density at radius 2 is 1.81 bits per heavy atom. The predicted molar refractivity (Wildman–Crippen MR) is 132 cm³/mol. The summed E-state index contributed by atoms with van der Waals surface area (Å²) in [6.45, 7) is 8.09. The first-order valence-electron chi connectivity index (χ1n) is 12.2. The van der Waals surface area contributed by atoms with Gasteiger partial charge in [-0.3, -0.25) is 9.59 Å². The maximum atomic E-state index is 15.8. The molecule has 1 saturated carbocycles. The molecular weight excluding hydrogens is 506 g/mol. The maximum Gasteiger partial charge on any atom is 0.325 e. The summed E-state index contributed by atoms with van der Waals surface area (Å²) in [5.74, 6) is -2.44. The SMILES string of the molecule is CC1(C)CCC2(CC1)N1[C@@H](C(=O)OC1(C)C)[C@H](c1ccnc(Cl)c1F)[C@]21C(=O)Nc2cc(Cl)ncc21. The number of rotatable bonds is 1. The highest BCUT2D eigenvalue weighted by Crippen LogP contribution is 2.70. The number of fused-ring (bicyclic) bond motifs is 5. The molecule has 2 spiro atoms. The number of carbonyl (C=O) groups is 2. The van der Waals surface area contributed by atoms with Gasteiger partial charge in [-0.05, 0) is 62.6 Å². The van der Waals surface area contributed by atoms with Crippen LogP contribution in [0.1, 0.15) is 70.4 Å². The van der Waals surface area contributed by atoms with Crippen LogP contribution in [-0.4, -0.2) is 44.1 Å². The number of cyclic esters (lactones) is 1. The number of nitrogens with one attached hydrogen (secondary N) is 1. The van der Waals surface area contributed by atoms with Gasteiger partial charge in [0.25, 0.3) is 0 Å². The van der Waals surface area contributed by atoms with Crippen LogP contribution < -0.4 is 5.32 Å². The van der Waals surface area contributed by atoms with Gasteiger partial charge in [-0.15, -0.1) is 0 Å². The molecule has 2 aromatic heterocycles. The second kappa shape index (κ2) is 7.39. The number of hydrogen-bond donors (Lipinski definition) is 1. The molecule has 4 aliphatic rings. The number of esters is 1. The van der Waals surface area contributed by atoms with Crippen LogP contribution in [0.15, 0.2) is 24.5 Å². The van der Waals surface area contributed by atoms with Crippen molar-refractivity contribution in [3.05, 3.63) is 51.8 Å². The van der Waals surface area contributed by atoms with E-state index >= 15 is 4.39 Å². The minimum absolute atomic E-state index is 0.0517. The third-order valence-electron chi connectivity index (χ3n) is 8.97. The first-order chi connectivity index (χ1) is 16.9. The van der Waals surface area contributed by atoms with Gasteiger partial charge in [0, 0.05) is 35.1 Å². The molecule has 1 N–H and O–H groups in total. The number of carbonyl (C=O) groups excluding carboxylic acids is 2. The lowest BCUT2D eigenvalue weighted by Gasteiger charge is -2.55. The highest BCUT2D eigenvalue weighted by molar-refractivity contribution is 6.30. The van der Waals surface area contributed by atoms with Crippen molar-refractivity contribution in [3.63, 3.8) is 0 Å². The molecule has 2 aromatic rings. The predicted octanol–water partition coefficient (Wildman–Crippen LogP) is 5.21. The fourth-order valence-corrected chi connectivity index (χ4v) is 7.92. The van der Waals surface area contributed by atoms with Gasteiger partial charge in [-0.2, -0.15) is 0 Å². The van der Waals surface area contributed by atoms with E-state index in [9.17, 15) is 9.59 Å². The Hall–Kier alpha value is -2.29. The zero-order valence-electron chi connectivity index (χ0n) is 20.5. The molecule has 1 amide bonds. The zero-order valence-corrected chi connectivity index (χ0v) is 22.0. The number of halogens is 3. The number of hydrogen-bond acceptors (Lipinski definition) is 6. The molecule has 3 aliphatic heterocycles. The molecule has 5 heterocycles. The lowest BCUT2D eigenvalue weighted by molar-refractivity contribution is -0.161. The molecule has 0 bridgehead atoms. The van der Waals surface area contributed by atoms with Crippen LogP contribution in [0.5, 0.6) is 0 Å². The first kappa shape index (κ1) is 24.1. The molecule has 0 unspecified atom stereocenters. The number of amides is 1. The van der Waals surface area contributed by atoms with Crippen molar-refractivity contribution in [3.8, 4) is 0 Å². The van der Waals surface area contributed by atoms with Gasteiger partial charge in [0.05, 0.1) is 0 Å². The molecule has 6 rings (SSSR count). The van der Waals surface area contributed by atoms with E-state index in [1.54, 1.807) is 12.3 Å². The molecular formula is C26H27Cl2FN4O3. The summed E-state index contributed by atoms with van der Waals surface area (Å²) in [6, 6.07) is 2.23. The number of pyridine rings is 2. The summed E-state index contributed by atoms with van der Waals surface area (Å²) in [6.07, 6.45) is 5.88. The van der Waals surface area contributed by atoms with E-state index in [4.69, 9.17) is 27.9 Å². The van der Waals surface area contributed by atoms with Gasteiger partial charge < -0.3 is 10.1 Å². The fraction of sp³-hybridized carbons (Fsp3) is 0.538. The third kappa shape index (κ3) is 2.83. The summed E-state index contributed by atoms with van der Waals surface area (Å²) in [4.78, 5) is 38.3. The largest absolute Gasteiger partial charge is 0.443 e. The van der Waals surface area contributed by atoms with Crippen molar-refractivity contribution >= 4 is 40.8 Å². The lowest BCUT2D eigenvalue weighted by Crippen LogP contribution is -2.65. The Balaban J connectivity index is 1.73. The van der Waals surface area contributed by atoms with Gasteiger partial charge in [0.15, 0.2) is 16.7 Å². The highest BCUT2D eigenvalue weighted by atomic mass is 35.5. The molecule has 7 nitrogen and oxygen atoms in total. The second-order valence-electron chi connectivity index (χ2n) is 11.7. The van der Waals surface area contributed by atoms with E-state index < -0.39 is 40.4 Å². The number of aromatic nitrogens is 2. The monoisotopic (exact) mass is 532 g/mol. The van der Waals surface area contributed by atoms with Gasteiger partial charge in [0.1, 0.15) is 16.6 Å². The van der Waals surface area contributed by atoms with Crippen molar-refractivity contribution < 1.29 is 18.7 Å². The summed E-state index contributed by atoms with van der Waals surface area (Å²) < 4.78 is 21.7. The minimum Gasteiger partial charge on any atom is -0.443 e. The fourth-order valence-electron chi connectivity index (χ4n) is 7.59. The van der Waals surface area contributed by atoms with E-state index in [1.807, 2.05) is 13.8 Å². The summed E-state index contributed by atoms with van der Waals surface area (Å²) >= 11 is 12.4. The van der Waals surface area contributed by atoms with E-state index in [-0.39, 0.29) is 27.2 Å². The van der Waals surface area contributed by atoms with Crippen LogP contribution >= 0.6 is 23.2 Å². The van der Waals surface area contributed by atoms with Crippen molar-refractivity contribution in [2.75, 3.05) is 5.32 Å². The maximum absolute atomic E-state index is 15.8. The first-order valence-corrected chi connectivity index (χ1v) is 12.9. The number of anilines is 1. The molecule has 0 radical (unpaired) electrons. The van der Waals surface area contributed by atoms with Crippen LogP contribution in [0, 0.1) is 11.2 Å². The van der Waals surface area contributed by atoms with E-state index in [1.165, 1.54) is 12.3 Å². The van der Waals surface area contributed by atoms with E-state index in [2.05, 4.69) is 34.0 Å². The summed E-state index contributed by atoms with van der Waals surface area (Å²) in [7, 11) is 0. The molecule has 0 aromatic carbocycles. The summed E-state index contributed by atoms with van der Waals surface area (Å²) in [5.41, 5.74) is -1.82. The van der Waals surface area contributed by atoms with E-state index in [0.717, 1.165) is 12.8 Å². The van der Waals surface area contributed by atoms with Crippen LogP contribution in [-0.2, 0) is 19.7 Å². The molecule has 36 heavy (non-hydrogen) atoms.